The van der Waals surface area contributed by atoms with E-state index in [1.807, 2.05) is 20.8 Å². The van der Waals surface area contributed by atoms with Crippen LogP contribution in [0.1, 0.15) is 109 Å². The van der Waals surface area contributed by atoms with Gasteiger partial charge < -0.3 is 0 Å². The van der Waals surface area contributed by atoms with Crippen molar-refractivity contribution >= 4 is 38.7 Å². The Morgan fingerprint density at radius 3 is 2.17 bits per heavy atom. The summed E-state index contributed by atoms with van der Waals surface area (Å²) in [6, 6.07) is 2.75. The molecule has 0 radical (unpaired) electrons. The van der Waals surface area contributed by atoms with Gasteiger partial charge in [0.2, 0.25) is 0 Å². The Labute approximate surface area is 193 Å². The SMILES string of the molecule is CCC[CH2][Sn]([CH2]CCC)([CH2]CCC)[c]1cc2c(s1)C(NC(=O)OC(C)(C)C)CCC2. The fourth-order valence-corrected chi connectivity index (χ4v) is 25.3. The molecule has 0 aromatic carbocycles. The van der Waals surface area contributed by atoms with Crippen LogP contribution < -0.4 is 8.21 Å². The number of rotatable bonds is 11. The zero-order chi connectivity index (χ0) is 22.2. The predicted octanol–water partition coefficient (Wildman–Crippen LogP) is 7.71. The van der Waals surface area contributed by atoms with E-state index in [0.29, 0.717) is 0 Å². The third-order valence-electron chi connectivity index (χ3n) is 6.34. The van der Waals surface area contributed by atoms with Crippen molar-refractivity contribution in [3.63, 3.8) is 0 Å². The number of ether oxygens (including phenoxy) is 1. The third-order valence-corrected chi connectivity index (χ3v) is 25.8. The molecule has 1 heterocycles. The van der Waals surface area contributed by atoms with E-state index in [1.54, 1.807) is 2.89 Å². The first-order valence-corrected chi connectivity index (χ1v) is 20.7. The average molecular weight is 542 g/mol. The van der Waals surface area contributed by atoms with Gasteiger partial charge in [-0.25, -0.2) is 0 Å². The van der Waals surface area contributed by atoms with Crippen LogP contribution >= 0.6 is 11.3 Å². The summed E-state index contributed by atoms with van der Waals surface area (Å²) < 4.78 is 11.9. The van der Waals surface area contributed by atoms with Crippen LogP contribution in [0.4, 0.5) is 4.79 Å². The quantitative estimate of drug-likeness (QED) is 0.291. The van der Waals surface area contributed by atoms with Gasteiger partial charge in [0.25, 0.3) is 0 Å². The minimum atomic E-state index is -2.41. The van der Waals surface area contributed by atoms with Crippen molar-refractivity contribution in [1.82, 2.24) is 5.32 Å². The van der Waals surface area contributed by atoms with Gasteiger partial charge in [-0.15, -0.1) is 0 Å². The van der Waals surface area contributed by atoms with E-state index < -0.39 is 24.0 Å². The van der Waals surface area contributed by atoms with Crippen molar-refractivity contribution in [3.8, 4) is 0 Å². The Hall–Kier alpha value is -0.231. The second-order valence-electron chi connectivity index (χ2n) is 10.2. The van der Waals surface area contributed by atoms with Crippen LogP contribution in [0.25, 0.3) is 0 Å². The topological polar surface area (TPSA) is 38.3 Å². The summed E-state index contributed by atoms with van der Waals surface area (Å²) in [6.45, 7) is 12.8. The van der Waals surface area contributed by atoms with Crippen molar-refractivity contribution in [2.24, 2.45) is 0 Å². The maximum absolute atomic E-state index is 12.4. The molecule has 5 heteroatoms. The fourth-order valence-electron chi connectivity index (χ4n) is 4.70. The van der Waals surface area contributed by atoms with Gasteiger partial charge in [0.1, 0.15) is 0 Å². The van der Waals surface area contributed by atoms with Gasteiger partial charge in [0, 0.05) is 0 Å². The number of carbonyl (C=O) groups is 1. The zero-order valence-corrected chi connectivity index (χ0v) is 24.0. The molecule has 0 fully saturated rings. The number of hydrogen-bond acceptors (Lipinski definition) is 3. The van der Waals surface area contributed by atoms with E-state index >= 15 is 0 Å². The maximum atomic E-state index is 12.4. The van der Waals surface area contributed by atoms with Crippen LogP contribution in [0.5, 0.6) is 0 Å². The van der Waals surface area contributed by atoms with E-state index in [1.165, 1.54) is 68.7 Å². The monoisotopic (exact) mass is 543 g/mol. The number of fused-ring (bicyclic) bond motifs is 1. The molecule has 30 heavy (non-hydrogen) atoms. The molecule has 0 spiro atoms. The van der Waals surface area contributed by atoms with Crippen LogP contribution in [0.15, 0.2) is 6.07 Å². The molecule has 0 saturated carbocycles. The van der Waals surface area contributed by atoms with E-state index in [4.69, 9.17) is 4.74 Å². The molecular formula is C25H45NO2SSn. The Bertz CT molecular complexity index is 643. The molecule has 0 bridgehead atoms. The number of aryl methyl sites for hydroxylation is 1. The summed E-state index contributed by atoms with van der Waals surface area (Å²) in [7, 11) is 0. The zero-order valence-electron chi connectivity index (χ0n) is 20.4. The Balaban J connectivity index is 2.31. The molecule has 1 atom stereocenters. The summed E-state index contributed by atoms with van der Waals surface area (Å²) in [6.07, 6.45) is 11.2. The summed E-state index contributed by atoms with van der Waals surface area (Å²) >= 11 is -0.321. The summed E-state index contributed by atoms with van der Waals surface area (Å²) in [5, 5.41) is 3.20. The number of thiophene rings is 1. The number of amides is 1. The minimum absolute atomic E-state index is 0.134. The molecule has 1 aromatic heterocycles. The van der Waals surface area contributed by atoms with Crippen LogP contribution in [0.2, 0.25) is 13.3 Å². The van der Waals surface area contributed by atoms with Crippen molar-refractivity contribution < 1.29 is 9.53 Å². The van der Waals surface area contributed by atoms with E-state index in [-0.39, 0.29) is 12.1 Å². The van der Waals surface area contributed by atoms with Gasteiger partial charge >= 0.3 is 194 Å². The van der Waals surface area contributed by atoms with Crippen molar-refractivity contribution in [3.05, 3.63) is 16.5 Å². The molecule has 0 saturated heterocycles. The van der Waals surface area contributed by atoms with E-state index in [9.17, 15) is 4.79 Å². The summed E-state index contributed by atoms with van der Waals surface area (Å²) in [4.78, 5) is 13.9. The number of unbranched alkanes of at least 4 members (excludes halogenated alkanes) is 3. The van der Waals surface area contributed by atoms with Gasteiger partial charge in [-0.3, -0.25) is 0 Å². The predicted molar refractivity (Wildman–Crippen MR) is 134 cm³/mol. The van der Waals surface area contributed by atoms with Gasteiger partial charge in [-0.05, 0) is 0 Å². The summed E-state index contributed by atoms with van der Waals surface area (Å²) in [5.41, 5.74) is 1.07. The molecule has 1 aromatic rings. The second-order valence-corrected chi connectivity index (χ2v) is 25.4. The Morgan fingerprint density at radius 2 is 1.67 bits per heavy atom. The fraction of sp³-hybridized carbons (Fsp3) is 0.800. The van der Waals surface area contributed by atoms with Gasteiger partial charge in [0.05, 0.1) is 0 Å². The molecule has 1 amide bonds. The van der Waals surface area contributed by atoms with Crippen LogP contribution in [-0.2, 0) is 11.2 Å². The van der Waals surface area contributed by atoms with Crippen molar-refractivity contribution in [2.75, 3.05) is 0 Å². The first-order chi connectivity index (χ1) is 14.2. The molecular weight excluding hydrogens is 497 g/mol. The number of alkyl carbamates (subject to hydrolysis) is 1. The van der Waals surface area contributed by atoms with Gasteiger partial charge in [-0.2, -0.15) is 0 Å². The molecule has 1 aliphatic carbocycles. The van der Waals surface area contributed by atoms with Crippen molar-refractivity contribution in [2.45, 2.75) is 124 Å². The number of nitrogens with one attached hydrogen (secondary N) is 1. The molecule has 3 nitrogen and oxygen atoms in total. The Kier molecular flexibility index (Phi) is 10.5. The molecule has 2 rings (SSSR count). The molecule has 1 unspecified atom stereocenters. The molecule has 1 N–H and O–H groups in total. The molecule has 172 valence electrons. The average Bonchev–Trinajstić information content (AvgIpc) is 3.12. The Morgan fingerprint density at radius 1 is 1.10 bits per heavy atom. The van der Waals surface area contributed by atoms with Gasteiger partial charge in [0.15, 0.2) is 0 Å². The normalized spacial score (nSPS) is 16.9. The number of hydrogen-bond donors (Lipinski definition) is 1. The van der Waals surface area contributed by atoms with Crippen LogP contribution in [0, 0.1) is 0 Å². The third kappa shape index (κ3) is 7.42. The molecule has 1 aliphatic rings. The standard InChI is InChI=1S/C13H18NO2S.3C4H9.Sn/c1-13(2,3)16-12(15)14-10-6-4-5-9-7-8-17-11(9)10;3*1-3-4-2;/h7,10H,4-6H2,1-3H3,(H,14,15);3*1,3-4H2,2H3;. The first-order valence-electron chi connectivity index (χ1n) is 12.4. The summed E-state index contributed by atoms with van der Waals surface area (Å²) in [5.74, 6) is 0. The van der Waals surface area contributed by atoms with Gasteiger partial charge in [-0.1, -0.05) is 0 Å². The van der Waals surface area contributed by atoms with Crippen LogP contribution in [0.3, 0.4) is 0 Å². The second kappa shape index (κ2) is 12.1. The van der Waals surface area contributed by atoms with Crippen LogP contribution in [-0.4, -0.2) is 30.1 Å². The number of carbonyl (C=O) groups excluding carboxylic acids is 1. The van der Waals surface area contributed by atoms with Crippen molar-refractivity contribution in [1.29, 1.82) is 0 Å². The van der Waals surface area contributed by atoms with E-state index in [0.717, 1.165) is 12.8 Å². The van der Waals surface area contributed by atoms with E-state index in [2.05, 4.69) is 43.5 Å². The molecule has 0 aliphatic heterocycles. The first kappa shape index (κ1) is 26.0.